The summed E-state index contributed by atoms with van der Waals surface area (Å²) in [4.78, 5) is 12.4. The molecule has 0 aliphatic rings. The third kappa shape index (κ3) is 36.2. The van der Waals surface area contributed by atoms with Gasteiger partial charge in [-0.1, -0.05) is 198 Å². The van der Waals surface area contributed by atoms with Gasteiger partial charge < -0.3 is 20.6 Å². The molecule has 4 N–H and O–H groups in total. The molecule has 0 heterocycles. The van der Waals surface area contributed by atoms with Gasteiger partial charge in [0, 0.05) is 0 Å². The van der Waals surface area contributed by atoms with Gasteiger partial charge in [0.15, 0.2) is 0 Å². The fraction of sp³-hybridized carbons (Fsp3) is 0.841. The van der Waals surface area contributed by atoms with Crippen LogP contribution in [0, 0.1) is 0 Å². The predicted molar refractivity (Wildman–Crippen MR) is 213 cm³/mol. The fourth-order valence-corrected chi connectivity index (χ4v) is 6.39. The molecule has 0 aromatic rings. The van der Waals surface area contributed by atoms with E-state index in [-0.39, 0.29) is 18.9 Å². The van der Waals surface area contributed by atoms with Crippen molar-refractivity contribution in [2.45, 2.75) is 231 Å². The summed E-state index contributed by atoms with van der Waals surface area (Å²) in [6.45, 7) is 4.17. The number of nitrogens with one attached hydrogen (secondary N) is 1. The van der Waals surface area contributed by atoms with E-state index in [9.17, 15) is 20.1 Å². The van der Waals surface area contributed by atoms with Crippen LogP contribution < -0.4 is 5.32 Å². The standard InChI is InChI=1S/C44H83NO4/c1-3-5-7-9-11-13-15-17-18-19-20-21-22-23-24-26-28-30-32-34-36-38-43(48)42(40-46)45-44(49)39-41(47)37-35-33-31-29-27-25-16-14-12-10-8-6-4-2/h12,14,16,25,36,38,41-43,46-48H,3-11,13,15,17-24,26-35,37,39-40H2,1-2H3,(H,45,49)/b14-12-,25-16-,38-36+. The zero-order chi connectivity index (χ0) is 35.9. The van der Waals surface area contributed by atoms with Gasteiger partial charge >= 0.3 is 0 Å². The second-order valence-corrected chi connectivity index (χ2v) is 14.6. The summed E-state index contributed by atoms with van der Waals surface area (Å²) in [5.74, 6) is -0.328. The minimum Gasteiger partial charge on any atom is -0.394 e. The molecule has 0 aliphatic heterocycles. The van der Waals surface area contributed by atoms with Crippen LogP contribution in [0.25, 0.3) is 0 Å². The molecule has 3 unspecified atom stereocenters. The first-order valence-electron chi connectivity index (χ1n) is 21.3. The van der Waals surface area contributed by atoms with Crippen LogP contribution in [0.3, 0.4) is 0 Å². The van der Waals surface area contributed by atoms with Crippen molar-refractivity contribution in [2.75, 3.05) is 6.61 Å². The molecule has 5 nitrogen and oxygen atoms in total. The number of allylic oxidation sites excluding steroid dienone is 5. The predicted octanol–water partition coefficient (Wildman–Crippen LogP) is 12.0. The van der Waals surface area contributed by atoms with E-state index in [1.807, 2.05) is 6.08 Å². The van der Waals surface area contributed by atoms with Crippen molar-refractivity contribution in [1.29, 1.82) is 0 Å². The molecule has 3 atom stereocenters. The van der Waals surface area contributed by atoms with Crippen LogP contribution in [0.15, 0.2) is 36.5 Å². The normalized spacial score (nSPS) is 14.0. The highest BCUT2D eigenvalue weighted by Gasteiger charge is 2.20. The highest BCUT2D eigenvalue weighted by Crippen LogP contribution is 2.15. The van der Waals surface area contributed by atoms with Crippen molar-refractivity contribution in [3.8, 4) is 0 Å². The quantitative estimate of drug-likeness (QED) is 0.0295. The van der Waals surface area contributed by atoms with Crippen molar-refractivity contribution in [1.82, 2.24) is 5.32 Å². The van der Waals surface area contributed by atoms with Gasteiger partial charge in [0.05, 0.1) is 31.3 Å². The number of hydrogen-bond donors (Lipinski definition) is 4. The lowest BCUT2D eigenvalue weighted by molar-refractivity contribution is -0.124. The van der Waals surface area contributed by atoms with E-state index < -0.39 is 18.2 Å². The van der Waals surface area contributed by atoms with Crippen LogP contribution in [-0.2, 0) is 4.79 Å². The molecule has 0 bridgehead atoms. The number of hydrogen-bond acceptors (Lipinski definition) is 4. The Morgan fingerprint density at radius 2 is 0.898 bits per heavy atom. The number of carbonyl (C=O) groups is 1. The number of aliphatic hydroxyl groups excluding tert-OH is 3. The van der Waals surface area contributed by atoms with E-state index in [2.05, 4.69) is 43.5 Å². The summed E-state index contributed by atoms with van der Waals surface area (Å²) < 4.78 is 0. The van der Waals surface area contributed by atoms with Gasteiger partial charge in [-0.2, -0.15) is 0 Å². The Labute approximate surface area is 304 Å². The van der Waals surface area contributed by atoms with Crippen LogP contribution in [0.2, 0.25) is 0 Å². The molecule has 5 heteroatoms. The van der Waals surface area contributed by atoms with E-state index in [1.54, 1.807) is 6.08 Å². The van der Waals surface area contributed by atoms with E-state index in [1.165, 1.54) is 135 Å². The minimum absolute atomic E-state index is 0.000377. The highest BCUT2D eigenvalue weighted by molar-refractivity contribution is 5.76. The Balaban J connectivity index is 3.68. The van der Waals surface area contributed by atoms with Crippen LogP contribution >= 0.6 is 0 Å². The van der Waals surface area contributed by atoms with Gasteiger partial charge in [-0.05, 0) is 44.9 Å². The molecule has 0 radical (unpaired) electrons. The fourth-order valence-electron chi connectivity index (χ4n) is 6.39. The second-order valence-electron chi connectivity index (χ2n) is 14.6. The van der Waals surface area contributed by atoms with Gasteiger partial charge in [-0.25, -0.2) is 0 Å². The number of rotatable bonds is 38. The molecule has 0 spiro atoms. The molecule has 0 aromatic heterocycles. The molecule has 0 saturated heterocycles. The molecule has 0 fully saturated rings. The van der Waals surface area contributed by atoms with Crippen LogP contribution in [0.5, 0.6) is 0 Å². The third-order valence-corrected chi connectivity index (χ3v) is 9.70. The second kappa shape index (κ2) is 39.4. The summed E-state index contributed by atoms with van der Waals surface area (Å²) >= 11 is 0. The van der Waals surface area contributed by atoms with Crippen LogP contribution in [-0.4, -0.2) is 46.1 Å². The molecule has 0 aromatic carbocycles. The molecular weight excluding hydrogens is 606 g/mol. The van der Waals surface area contributed by atoms with E-state index >= 15 is 0 Å². The smallest absolute Gasteiger partial charge is 0.222 e. The van der Waals surface area contributed by atoms with E-state index in [4.69, 9.17) is 0 Å². The van der Waals surface area contributed by atoms with Crippen LogP contribution in [0.4, 0.5) is 0 Å². The van der Waals surface area contributed by atoms with E-state index in [0.717, 1.165) is 51.4 Å². The van der Waals surface area contributed by atoms with Gasteiger partial charge in [-0.3, -0.25) is 4.79 Å². The van der Waals surface area contributed by atoms with Crippen molar-refractivity contribution in [2.24, 2.45) is 0 Å². The lowest BCUT2D eigenvalue weighted by Crippen LogP contribution is -2.45. The monoisotopic (exact) mass is 690 g/mol. The third-order valence-electron chi connectivity index (χ3n) is 9.70. The SMILES string of the molecule is CCCCC/C=C\C=C/CCCCCCC(O)CC(=O)NC(CO)C(O)/C=C/CCCCCCCCCCCCCCCCCCCCC. The Kier molecular flexibility index (Phi) is 38.2. The zero-order valence-electron chi connectivity index (χ0n) is 32.6. The minimum atomic E-state index is -0.933. The van der Waals surface area contributed by atoms with Crippen molar-refractivity contribution in [3.05, 3.63) is 36.5 Å². The maximum Gasteiger partial charge on any atom is 0.222 e. The first kappa shape index (κ1) is 47.6. The molecular formula is C44H83NO4. The average Bonchev–Trinajstić information content (AvgIpc) is 3.09. The summed E-state index contributed by atoms with van der Waals surface area (Å²) in [6.07, 6.45) is 48.5. The maximum absolute atomic E-state index is 12.4. The van der Waals surface area contributed by atoms with Gasteiger partial charge in [0.2, 0.25) is 5.91 Å². The summed E-state index contributed by atoms with van der Waals surface area (Å²) in [6, 6.07) is -0.750. The number of carbonyl (C=O) groups excluding carboxylic acids is 1. The van der Waals surface area contributed by atoms with E-state index in [0.29, 0.717) is 6.42 Å². The van der Waals surface area contributed by atoms with Gasteiger partial charge in [0.25, 0.3) is 0 Å². The topological polar surface area (TPSA) is 89.8 Å². The highest BCUT2D eigenvalue weighted by atomic mass is 16.3. The lowest BCUT2D eigenvalue weighted by Gasteiger charge is -2.21. The number of amides is 1. The molecule has 288 valence electrons. The Bertz CT molecular complexity index is 764. The van der Waals surface area contributed by atoms with Gasteiger partial charge in [0.1, 0.15) is 0 Å². The Morgan fingerprint density at radius 3 is 1.35 bits per heavy atom. The number of aliphatic hydroxyl groups is 3. The van der Waals surface area contributed by atoms with Crippen molar-refractivity contribution < 1.29 is 20.1 Å². The molecule has 0 saturated carbocycles. The Hall–Kier alpha value is -1.43. The zero-order valence-corrected chi connectivity index (χ0v) is 32.6. The summed E-state index contributed by atoms with van der Waals surface area (Å²) in [7, 11) is 0. The molecule has 0 rings (SSSR count). The summed E-state index contributed by atoms with van der Waals surface area (Å²) in [5, 5.41) is 33.1. The molecule has 1 amide bonds. The van der Waals surface area contributed by atoms with Crippen molar-refractivity contribution >= 4 is 5.91 Å². The largest absolute Gasteiger partial charge is 0.394 e. The summed E-state index contributed by atoms with van der Waals surface area (Å²) in [5.41, 5.74) is 0. The molecule has 49 heavy (non-hydrogen) atoms. The maximum atomic E-state index is 12.4. The Morgan fingerprint density at radius 1 is 0.531 bits per heavy atom. The van der Waals surface area contributed by atoms with Crippen LogP contribution in [0.1, 0.15) is 213 Å². The van der Waals surface area contributed by atoms with Gasteiger partial charge in [-0.15, -0.1) is 0 Å². The van der Waals surface area contributed by atoms with Crippen molar-refractivity contribution in [3.63, 3.8) is 0 Å². The first-order chi connectivity index (χ1) is 24.0. The average molecular weight is 690 g/mol. The lowest BCUT2D eigenvalue weighted by atomic mass is 10.0. The number of unbranched alkanes of at least 4 members (excludes halogenated alkanes) is 26. The molecule has 0 aliphatic carbocycles. The first-order valence-corrected chi connectivity index (χ1v) is 21.3.